The van der Waals surface area contributed by atoms with Gasteiger partial charge in [-0.05, 0) is 13.0 Å². The molecule has 2 rings (SSSR count). The van der Waals surface area contributed by atoms with Crippen LogP contribution in [0.5, 0.6) is 0 Å². The van der Waals surface area contributed by atoms with Crippen molar-refractivity contribution < 1.29 is 9.18 Å². The van der Waals surface area contributed by atoms with E-state index >= 15 is 0 Å². The molecule has 0 aliphatic carbocycles. The molecule has 0 spiro atoms. The molecule has 1 atom stereocenters. The van der Waals surface area contributed by atoms with E-state index in [1.807, 2.05) is 0 Å². The Morgan fingerprint density at radius 1 is 1.48 bits per heavy atom. The predicted octanol–water partition coefficient (Wildman–Crippen LogP) is 1.10. The molecule has 1 heterocycles. The Hall–Kier alpha value is -2.28. The van der Waals surface area contributed by atoms with E-state index in [1.165, 1.54) is 15.6 Å². The minimum Gasteiger partial charge on any atom is -0.337 e. The second kappa shape index (κ2) is 6.45. The Labute approximate surface area is 122 Å². The van der Waals surface area contributed by atoms with Gasteiger partial charge in [0.1, 0.15) is 12.4 Å². The largest absolute Gasteiger partial charge is 0.337 e. The number of benzene rings is 1. The molecule has 0 fully saturated rings. The van der Waals surface area contributed by atoms with Crippen LogP contribution in [-0.2, 0) is 17.9 Å². The first-order valence-electron chi connectivity index (χ1n) is 6.62. The minimum absolute atomic E-state index is 0.0439. The van der Waals surface area contributed by atoms with Crippen LogP contribution in [-0.4, -0.2) is 32.8 Å². The molecular weight excluding hydrogens is 273 g/mol. The Bertz CT molecular complexity index is 627. The number of likely N-dealkylation sites (N-methyl/N-ethyl adjacent to an activating group) is 1. The zero-order valence-corrected chi connectivity index (χ0v) is 12.0. The highest BCUT2D eigenvalue weighted by Gasteiger charge is 2.20. The molecule has 112 valence electrons. The minimum atomic E-state index is -0.365. The van der Waals surface area contributed by atoms with E-state index in [-0.39, 0.29) is 30.9 Å². The summed E-state index contributed by atoms with van der Waals surface area (Å²) in [4.78, 5) is 13.7. The first-order chi connectivity index (χ1) is 10.0. The summed E-state index contributed by atoms with van der Waals surface area (Å²) in [6.07, 6.45) is 1.62. The van der Waals surface area contributed by atoms with Gasteiger partial charge in [0.2, 0.25) is 5.91 Å². The Kier molecular flexibility index (Phi) is 4.64. The molecule has 1 amide bonds. The number of aromatic nitrogens is 3. The second-order valence-electron chi connectivity index (χ2n) is 4.81. The summed E-state index contributed by atoms with van der Waals surface area (Å²) < 4.78 is 15.2. The molecule has 0 aliphatic rings. The Morgan fingerprint density at radius 3 is 2.81 bits per heavy atom. The Balaban J connectivity index is 2.06. The number of hydrogen-bond donors (Lipinski definition) is 1. The molecule has 0 saturated carbocycles. The zero-order valence-electron chi connectivity index (χ0n) is 12.0. The SMILES string of the molecule is CC(c1ccccc1F)N(C)C(=O)Cn1cc(CN)nn1. The van der Waals surface area contributed by atoms with Gasteiger partial charge in [0.15, 0.2) is 0 Å². The molecular formula is C14H18FN5O. The van der Waals surface area contributed by atoms with Gasteiger partial charge in [-0.2, -0.15) is 0 Å². The number of halogens is 1. The van der Waals surface area contributed by atoms with Crippen molar-refractivity contribution in [1.82, 2.24) is 19.9 Å². The van der Waals surface area contributed by atoms with E-state index in [1.54, 1.807) is 38.4 Å². The van der Waals surface area contributed by atoms with Gasteiger partial charge in [-0.3, -0.25) is 4.79 Å². The van der Waals surface area contributed by atoms with E-state index in [2.05, 4.69) is 10.3 Å². The van der Waals surface area contributed by atoms with Gasteiger partial charge in [0.25, 0.3) is 0 Å². The third kappa shape index (κ3) is 3.43. The van der Waals surface area contributed by atoms with Gasteiger partial charge < -0.3 is 10.6 Å². The molecule has 1 unspecified atom stereocenters. The van der Waals surface area contributed by atoms with Crippen molar-refractivity contribution in [3.63, 3.8) is 0 Å². The fraction of sp³-hybridized carbons (Fsp3) is 0.357. The lowest BCUT2D eigenvalue weighted by molar-refractivity contribution is -0.132. The summed E-state index contributed by atoms with van der Waals surface area (Å²) in [5.41, 5.74) is 6.54. The predicted molar refractivity (Wildman–Crippen MR) is 75.5 cm³/mol. The van der Waals surface area contributed by atoms with E-state index in [0.29, 0.717) is 11.3 Å². The monoisotopic (exact) mass is 291 g/mol. The lowest BCUT2D eigenvalue weighted by Gasteiger charge is -2.25. The van der Waals surface area contributed by atoms with Gasteiger partial charge in [0.05, 0.1) is 17.9 Å². The van der Waals surface area contributed by atoms with Crippen molar-refractivity contribution in [2.24, 2.45) is 5.73 Å². The van der Waals surface area contributed by atoms with Crippen LogP contribution in [0.25, 0.3) is 0 Å². The maximum atomic E-state index is 13.8. The van der Waals surface area contributed by atoms with E-state index in [9.17, 15) is 9.18 Å². The van der Waals surface area contributed by atoms with Crippen LogP contribution >= 0.6 is 0 Å². The molecule has 1 aromatic heterocycles. The van der Waals surface area contributed by atoms with Crippen LogP contribution in [0.4, 0.5) is 4.39 Å². The summed E-state index contributed by atoms with van der Waals surface area (Å²) in [7, 11) is 1.64. The highest BCUT2D eigenvalue weighted by molar-refractivity contribution is 5.76. The van der Waals surface area contributed by atoms with Gasteiger partial charge in [0, 0.05) is 19.2 Å². The standard InChI is InChI=1S/C14H18FN5O/c1-10(12-5-3-4-6-13(12)15)19(2)14(21)9-20-8-11(7-16)17-18-20/h3-6,8,10H,7,9,16H2,1-2H3. The number of rotatable bonds is 5. The summed E-state index contributed by atoms with van der Waals surface area (Å²) in [5, 5.41) is 7.65. The summed E-state index contributed by atoms with van der Waals surface area (Å²) in [6.45, 7) is 2.10. The van der Waals surface area contributed by atoms with Crippen molar-refractivity contribution in [2.75, 3.05) is 7.05 Å². The molecule has 6 nitrogen and oxygen atoms in total. The fourth-order valence-corrected chi connectivity index (χ4v) is 2.00. The summed E-state index contributed by atoms with van der Waals surface area (Å²) in [6, 6.07) is 6.06. The maximum Gasteiger partial charge on any atom is 0.244 e. The van der Waals surface area contributed by atoms with Crippen molar-refractivity contribution in [2.45, 2.75) is 26.1 Å². The third-order valence-corrected chi connectivity index (χ3v) is 3.42. The molecule has 2 N–H and O–H groups in total. The van der Waals surface area contributed by atoms with Crippen molar-refractivity contribution in [1.29, 1.82) is 0 Å². The topological polar surface area (TPSA) is 77.0 Å². The van der Waals surface area contributed by atoms with Crippen LogP contribution in [0.15, 0.2) is 30.5 Å². The molecule has 7 heteroatoms. The molecule has 0 saturated heterocycles. The quantitative estimate of drug-likeness (QED) is 0.894. The first-order valence-corrected chi connectivity index (χ1v) is 6.62. The number of nitrogens with zero attached hydrogens (tertiary/aromatic N) is 4. The smallest absolute Gasteiger partial charge is 0.244 e. The molecule has 0 radical (unpaired) electrons. The molecule has 2 aromatic rings. The van der Waals surface area contributed by atoms with Gasteiger partial charge in [-0.25, -0.2) is 9.07 Å². The average Bonchev–Trinajstić information content (AvgIpc) is 2.93. The fourth-order valence-electron chi connectivity index (χ4n) is 2.00. The van der Waals surface area contributed by atoms with Crippen LogP contribution < -0.4 is 5.73 Å². The summed E-state index contributed by atoms with van der Waals surface area (Å²) in [5.74, 6) is -0.505. The lowest BCUT2D eigenvalue weighted by atomic mass is 10.1. The Morgan fingerprint density at radius 2 is 2.19 bits per heavy atom. The molecule has 0 bridgehead atoms. The number of carbonyl (C=O) groups is 1. The van der Waals surface area contributed by atoms with Crippen LogP contribution in [0.3, 0.4) is 0 Å². The van der Waals surface area contributed by atoms with Crippen LogP contribution in [0, 0.1) is 5.82 Å². The van der Waals surface area contributed by atoms with E-state index in [0.717, 1.165) is 0 Å². The maximum absolute atomic E-state index is 13.8. The van der Waals surface area contributed by atoms with E-state index in [4.69, 9.17) is 5.73 Å². The number of hydrogen-bond acceptors (Lipinski definition) is 4. The highest BCUT2D eigenvalue weighted by Crippen LogP contribution is 2.21. The number of carbonyl (C=O) groups excluding carboxylic acids is 1. The van der Waals surface area contributed by atoms with Crippen LogP contribution in [0.2, 0.25) is 0 Å². The van der Waals surface area contributed by atoms with Crippen molar-refractivity contribution >= 4 is 5.91 Å². The van der Waals surface area contributed by atoms with Gasteiger partial charge in [-0.1, -0.05) is 23.4 Å². The zero-order chi connectivity index (χ0) is 15.4. The number of amides is 1. The molecule has 0 aliphatic heterocycles. The first kappa shape index (κ1) is 15.1. The third-order valence-electron chi connectivity index (χ3n) is 3.42. The number of nitrogens with two attached hydrogens (primary N) is 1. The van der Waals surface area contributed by atoms with Gasteiger partial charge in [-0.15, -0.1) is 5.10 Å². The normalized spacial score (nSPS) is 12.2. The second-order valence-corrected chi connectivity index (χ2v) is 4.81. The summed E-state index contributed by atoms with van der Waals surface area (Å²) >= 11 is 0. The average molecular weight is 291 g/mol. The highest BCUT2D eigenvalue weighted by atomic mass is 19.1. The van der Waals surface area contributed by atoms with Gasteiger partial charge >= 0.3 is 0 Å². The van der Waals surface area contributed by atoms with Crippen molar-refractivity contribution in [3.05, 3.63) is 47.5 Å². The molecule has 1 aromatic carbocycles. The van der Waals surface area contributed by atoms with E-state index < -0.39 is 0 Å². The van der Waals surface area contributed by atoms with Crippen molar-refractivity contribution in [3.8, 4) is 0 Å². The lowest BCUT2D eigenvalue weighted by Crippen LogP contribution is -2.33. The van der Waals surface area contributed by atoms with Crippen LogP contribution in [0.1, 0.15) is 24.2 Å². The molecule has 21 heavy (non-hydrogen) atoms.